The summed E-state index contributed by atoms with van der Waals surface area (Å²) in [7, 11) is -3.53. The third kappa shape index (κ3) is 3.49. The van der Waals surface area contributed by atoms with Gasteiger partial charge in [0.2, 0.25) is 0 Å². The average Bonchev–Trinajstić information content (AvgIpc) is 2.73. The Morgan fingerprint density at radius 1 is 0.893 bits per heavy atom. The van der Waals surface area contributed by atoms with Crippen LogP contribution in [0.4, 0.5) is 0 Å². The fourth-order valence-electron chi connectivity index (χ4n) is 3.04. The standard InChI is InChI=1S/C21H17N3O3S/c25-12-13-28(26,27)17-3-1-2-16(14-17)19-4-5-20-21(24-19)18(8-11-23-20)15-6-9-22-10-7-15/h1-11,14,25H,12-13H2. The lowest BCUT2D eigenvalue weighted by Gasteiger charge is -2.09. The third-order valence-corrected chi connectivity index (χ3v) is 6.12. The van der Waals surface area contributed by atoms with Crippen molar-refractivity contribution < 1.29 is 13.5 Å². The Labute approximate surface area is 162 Å². The molecule has 0 amide bonds. The van der Waals surface area contributed by atoms with Gasteiger partial charge >= 0.3 is 0 Å². The van der Waals surface area contributed by atoms with Gasteiger partial charge in [0.1, 0.15) is 0 Å². The molecule has 0 aliphatic carbocycles. The van der Waals surface area contributed by atoms with Crippen LogP contribution >= 0.6 is 0 Å². The highest BCUT2D eigenvalue weighted by Gasteiger charge is 2.15. The van der Waals surface area contributed by atoms with E-state index in [0.717, 1.165) is 22.2 Å². The van der Waals surface area contributed by atoms with E-state index in [1.165, 1.54) is 6.07 Å². The summed E-state index contributed by atoms with van der Waals surface area (Å²) < 4.78 is 24.5. The van der Waals surface area contributed by atoms with Crippen molar-refractivity contribution in [1.29, 1.82) is 0 Å². The fraction of sp³-hybridized carbons (Fsp3) is 0.0952. The molecule has 0 aliphatic heterocycles. The van der Waals surface area contributed by atoms with Gasteiger partial charge in [-0.15, -0.1) is 0 Å². The van der Waals surface area contributed by atoms with Gasteiger partial charge in [0.15, 0.2) is 9.84 Å². The molecule has 1 N–H and O–H groups in total. The van der Waals surface area contributed by atoms with E-state index in [-0.39, 0.29) is 10.6 Å². The number of aliphatic hydroxyl groups is 1. The zero-order chi connectivity index (χ0) is 19.6. The van der Waals surface area contributed by atoms with Crippen molar-refractivity contribution >= 4 is 20.9 Å². The van der Waals surface area contributed by atoms with Crippen molar-refractivity contribution in [2.45, 2.75) is 4.90 Å². The normalized spacial score (nSPS) is 11.6. The van der Waals surface area contributed by atoms with Crippen LogP contribution in [0.1, 0.15) is 0 Å². The molecule has 0 saturated heterocycles. The van der Waals surface area contributed by atoms with E-state index in [0.29, 0.717) is 11.3 Å². The van der Waals surface area contributed by atoms with E-state index in [1.54, 1.807) is 30.7 Å². The number of hydrogen-bond acceptors (Lipinski definition) is 6. The molecule has 7 heteroatoms. The first-order chi connectivity index (χ1) is 13.6. The quantitative estimate of drug-likeness (QED) is 0.562. The van der Waals surface area contributed by atoms with Crippen LogP contribution in [0, 0.1) is 0 Å². The number of hydrogen-bond donors (Lipinski definition) is 1. The molecule has 1 aromatic carbocycles. The van der Waals surface area contributed by atoms with Crippen LogP contribution in [0.3, 0.4) is 0 Å². The first kappa shape index (κ1) is 18.2. The summed E-state index contributed by atoms with van der Waals surface area (Å²) in [5.74, 6) is -0.308. The third-order valence-electron chi connectivity index (χ3n) is 4.42. The van der Waals surface area contributed by atoms with Crippen molar-refractivity contribution in [3.63, 3.8) is 0 Å². The Kier molecular flexibility index (Phi) is 4.85. The van der Waals surface area contributed by atoms with Gasteiger partial charge in [0.05, 0.1) is 34.0 Å². The molecule has 0 radical (unpaired) electrons. The Morgan fingerprint density at radius 3 is 2.50 bits per heavy atom. The lowest BCUT2D eigenvalue weighted by Crippen LogP contribution is -2.10. The highest BCUT2D eigenvalue weighted by Crippen LogP contribution is 2.29. The number of nitrogens with zero attached hydrogens (tertiary/aromatic N) is 3. The molecule has 4 aromatic rings. The largest absolute Gasteiger partial charge is 0.395 e. The summed E-state index contributed by atoms with van der Waals surface area (Å²) in [5.41, 5.74) is 4.73. The van der Waals surface area contributed by atoms with Crippen molar-refractivity contribution in [3.8, 4) is 22.4 Å². The second kappa shape index (κ2) is 7.46. The van der Waals surface area contributed by atoms with Crippen LogP contribution in [-0.4, -0.2) is 40.8 Å². The molecule has 0 atom stereocenters. The number of fused-ring (bicyclic) bond motifs is 1. The molecule has 0 bridgehead atoms. The molecule has 0 saturated carbocycles. The summed E-state index contributed by atoms with van der Waals surface area (Å²) in [6.45, 7) is -0.415. The minimum atomic E-state index is -3.53. The van der Waals surface area contributed by atoms with Gasteiger partial charge < -0.3 is 5.11 Å². The van der Waals surface area contributed by atoms with E-state index >= 15 is 0 Å². The molecule has 6 nitrogen and oxygen atoms in total. The van der Waals surface area contributed by atoms with Crippen LogP contribution in [0.25, 0.3) is 33.4 Å². The molecule has 0 unspecified atom stereocenters. The molecular weight excluding hydrogens is 374 g/mol. The number of aromatic nitrogens is 3. The first-order valence-corrected chi connectivity index (χ1v) is 10.3. The Bertz CT molecular complexity index is 1240. The maximum absolute atomic E-state index is 12.3. The monoisotopic (exact) mass is 391 g/mol. The molecule has 28 heavy (non-hydrogen) atoms. The van der Waals surface area contributed by atoms with Gasteiger partial charge in [-0.05, 0) is 48.0 Å². The van der Waals surface area contributed by atoms with Crippen LogP contribution in [0.15, 0.2) is 78.1 Å². The topological polar surface area (TPSA) is 93.0 Å². The van der Waals surface area contributed by atoms with Crippen molar-refractivity contribution in [1.82, 2.24) is 15.0 Å². The minimum absolute atomic E-state index is 0.168. The Hall–Kier alpha value is -3.16. The summed E-state index contributed by atoms with van der Waals surface area (Å²) in [5, 5.41) is 9.00. The van der Waals surface area contributed by atoms with Gasteiger partial charge in [-0.1, -0.05) is 12.1 Å². The van der Waals surface area contributed by atoms with E-state index in [1.807, 2.05) is 36.4 Å². The summed E-state index contributed by atoms with van der Waals surface area (Å²) >= 11 is 0. The molecule has 0 spiro atoms. The van der Waals surface area contributed by atoms with Crippen LogP contribution < -0.4 is 0 Å². The zero-order valence-corrected chi connectivity index (χ0v) is 15.7. The number of benzene rings is 1. The maximum atomic E-state index is 12.3. The molecule has 4 rings (SSSR count). The molecule has 0 fully saturated rings. The smallest absolute Gasteiger partial charge is 0.180 e. The van der Waals surface area contributed by atoms with Gasteiger partial charge in [-0.3, -0.25) is 9.97 Å². The number of aliphatic hydroxyl groups excluding tert-OH is 1. The summed E-state index contributed by atoms with van der Waals surface area (Å²) in [6, 6.07) is 16.0. The van der Waals surface area contributed by atoms with Crippen molar-refractivity contribution in [3.05, 3.63) is 73.2 Å². The van der Waals surface area contributed by atoms with Crippen molar-refractivity contribution in [2.24, 2.45) is 0 Å². The predicted octanol–water partition coefficient (Wildman–Crippen LogP) is 3.12. The number of rotatable bonds is 5. The first-order valence-electron chi connectivity index (χ1n) is 8.69. The highest BCUT2D eigenvalue weighted by molar-refractivity contribution is 7.91. The van der Waals surface area contributed by atoms with Gasteiger partial charge in [-0.2, -0.15) is 0 Å². The van der Waals surface area contributed by atoms with E-state index in [4.69, 9.17) is 10.1 Å². The second-order valence-corrected chi connectivity index (χ2v) is 8.34. The summed E-state index contributed by atoms with van der Waals surface area (Å²) in [6.07, 6.45) is 5.18. The van der Waals surface area contributed by atoms with E-state index in [2.05, 4.69) is 9.97 Å². The van der Waals surface area contributed by atoms with E-state index < -0.39 is 16.4 Å². The fourth-order valence-corrected chi connectivity index (χ4v) is 4.11. The van der Waals surface area contributed by atoms with Gasteiger partial charge in [0, 0.05) is 29.7 Å². The average molecular weight is 391 g/mol. The Morgan fingerprint density at radius 2 is 1.71 bits per heavy atom. The lowest BCUT2D eigenvalue weighted by atomic mass is 10.0. The molecule has 3 aromatic heterocycles. The van der Waals surface area contributed by atoms with Crippen LogP contribution in [0.5, 0.6) is 0 Å². The summed E-state index contributed by atoms with van der Waals surface area (Å²) in [4.78, 5) is 13.4. The lowest BCUT2D eigenvalue weighted by molar-refractivity contribution is 0.319. The van der Waals surface area contributed by atoms with Crippen LogP contribution in [-0.2, 0) is 9.84 Å². The van der Waals surface area contributed by atoms with Crippen LogP contribution in [0.2, 0.25) is 0 Å². The van der Waals surface area contributed by atoms with Crippen molar-refractivity contribution in [2.75, 3.05) is 12.4 Å². The molecule has 0 aliphatic rings. The minimum Gasteiger partial charge on any atom is -0.395 e. The van der Waals surface area contributed by atoms with E-state index in [9.17, 15) is 8.42 Å². The molecule has 140 valence electrons. The second-order valence-electron chi connectivity index (χ2n) is 6.23. The highest BCUT2D eigenvalue weighted by atomic mass is 32.2. The van der Waals surface area contributed by atoms with Gasteiger partial charge in [0.25, 0.3) is 0 Å². The predicted molar refractivity (Wildman–Crippen MR) is 107 cm³/mol. The molecule has 3 heterocycles. The number of sulfone groups is 1. The van der Waals surface area contributed by atoms with Gasteiger partial charge in [-0.25, -0.2) is 13.4 Å². The number of pyridine rings is 3. The SMILES string of the molecule is O=S(=O)(CCO)c1cccc(-c2ccc3nccc(-c4ccncc4)c3n2)c1. The zero-order valence-electron chi connectivity index (χ0n) is 14.9. The molecular formula is C21H17N3O3S. The maximum Gasteiger partial charge on any atom is 0.180 e. The Balaban J connectivity index is 1.85.